The summed E-state index contributed by atoms with van der Waals surface area (Å²) in [5, 5.41) is 13.3. The van der Waals surface area contributed by atoms with Crippen molar-refractivity contribution in [2.45, 2.75) is 51.6 Å². The second-order valence-electron chi connectivity index (χ2n) is 5.47. The van der Waals surface area contributed by atoms with Crippen molar-refractivity contribution in [1.29, 1.82) is 0 Å². The van der Waals surface area contributed by atoms with Gasteiger partial charge in [0.05, 0.1) is 6.54 Å². The average molecular weight is 303 g/mol. The molecule has 5 heteroatoms. The van der Waals surface area contributed by atoms with Gasteiger partial charge in [-0.3, -0.25) is 0 Å². The molecule has 4 nitrogen and oxygen atoms in total. The van der Waals surface area contributed by atoms with Crippen LogP contribution in [0.2, 0.25) is 0 Å². The SMILES string of the molecule is CCCCc1ccc(Oc2nnc(CNC3CC3)s2)cc1. The third-order valence-electron chi connectivity index (χ3n) is 3.52. The number of hydrogen-bond donors (Lipinski definition) is 1. The Hall–Kier alpha value is -1.46. The van der Waals surface area contributed by atoms with Gasteiger partial charge in [-0.25, -0.2) is 0 Å². The van der Waals surface area contributed by atoms with E-state index in [4.69, 9.17) is 4.74 Å². The lowest BCUT2D eigenvalue weighted by Gasteiger charge is -2.03. The van der Waals surface area contributed by atoms with Crippen molar-refractivity contribution in [3.63, 3.8) is 0 Å². The molecule has 0 radical (unpaired) electrons. The Kier molecular flexibility index (Phi) is 4.83. The molecule has 1 aliphatic rings. The molecular weight excluding hydrogens is 282 g/mol. The van der Waals surface area contributed by atoms with Gasteiger partial charge >= 0.3 is 0 Å². The van der Waals surface area contributed by atoms with E-state index in [0.29, 0.717) is 11.2 Å². The predicted molar refractivity (Wildman–Crippen MR) is 84.9 cm³/mol. The number of aromatic nitrogens is 2. The first-order valence-corrected chi connectivity index (χ1v) is 8.47. The van der Waals surface area contributed by atoms with Crippen LogP contribution in [-0.4, -0.2) is 16.2 Å². The van der Waals surface area contributed by atoms with E-state index in [1.165, 1.54) is 42.6 Å². The van der Waals surface area contributed by atoms with Crippen LogP contribution in [0, 0.1) is 0 Å². The number of hydrogen-bond acceptors (Lipinski definition) is 5. The molecule has 3 rings (SSSR count). The van der Waals surface area contributed by atoms with E-state index >= 15 is 0 Å². The molecule has 112 valence electrons. The van der Waals surface area contributed by atoms with Crippen LogP contribution in [-0.2, 0) is 13.0 Å². The Morgan fingerprint density at radius 3 is 2.76 bits per heavy atom. The summed E-state index contributed by atoms with van der Waals surface area (Å²) in [5.74, 6) is 0.827. The molecule has 0 aliphatic heterocycles. The summed E-state index contributed by atoms with van der Waals surface area (Å²) in [6.07, 6.45) is 6.15. The van der Waals surface area contributed by atoms with Gasteiger partial charge in [0, 0.05) is 6.04 Å². The van der Waals surface area contributed by atoms with Gasteiger partial charge in [-0.2, -0.15) is 0 Å². The molecule has 1 aromatic carbocycles. The smallest absolute Gasteiger partial charge is 0.299 e. The fourth-order valence-corrected chi connectivity index (χ4v) is 2.73. The van der Waals surface area contributed by atoms with Gasteiger partial charge in [-0.1, -0.05) is 41.9 Å². The number of benzene rings is 1. The lowest BCUT2D eigenvalue weighted by atomic mass is 10.1. The number of nitrogens with one attached hydrogen (secondary N) is 1. The maximum absolute atomic E-state index is 5.76. The largest absolute Gasteiger partial charge is 0.430 e. The van der Waals surface area contributed by atoms with Crippen LogP contribution in [0.4, 0.5) is 0 Å². The lowest BCUT2D eigenvalue weighted by Crippen LogP contribution is -2.14. The highest BCUT2D eigenvalue weighted by Crippen LogP contribution is 2.26. The van der Waals surface area contributed by atoms with Crippen LogP contribution in [0.1, 0.15) is 43.2 Å². The molecule has 0 spiro atoms. The summed E-state index contributed by atoms with van der Waals surface area (Å²) in [6.45, 7) is 3.00. The van der Waals surface area contributed by atoms with Crippen molar-refractivity contribution < 1.29 is 4.74 Å². The summed E-state index contributed by atoms with van der Waals surface area (Å²) >= 11 is 1.51. The second-order valence-corrected chi connectivity index (χ2v) is 6.49. The molecule has 1 fully saturated rings. The van der Waals surface area contributed by atoms with Crippen LogP contribution in [0.3, 0.4) is 0 Å². The zero-order valence-electron chi connectivity index (χ0n) is 12.3. The molecular formula is C16H21N3OS. The predicted octanol–water partition coefficient (Wildman–Crippen LogP) is 3.93. The van der Waals surface area contributed by atoms with Crippen molar-refractivity contribution >= 4 is 11.3 Å². The van der Waals surface area contributed by atoms with Gasteiger partial charge in [0.15, 0.2) is 0 Å². The molecule has 0 saturated heterocycles. The van der Waals surface area contributed by atoms with Crippen molar-refractivity contribution in [3.05, 3.63) is 34.8 Å². The van der Waals surface area contributed by atoms with E-state index in [9.17, 15) is 0 Å². The highest BCUT2D eigenvalue weighted by atomic mass is 32.1. The van der Waals surface area contributed by atoms with E-state index in [-0.39, 0.29) is 0 Å². The van der Waals surface area contributed by atoms with Gasteiger partial charge < -0.3 is 10.1 Å². The van der Waals surface area contributed by atoms with Gasteiger partial charge in [-0.15, -0.1) is 5.10 Å². The standard InChI is InChI=1S/C16H21N3OS/c1-2-3-4-12-5-9-14(10-6-12)20-16-19-18-15(21-16)11-17-13-7-8-13/h5-6,9-10,13,17H,2-4,7-8,11H2,1H3. The summed E-state index contributed by atoms with van der Waals surface area (Å²) < 4.78 is 5.76. The third kappa shape index (κ3) is 4.51. The average Bonchev–Trinajstić information content (AvgIpc) is 3.24. The molecule has 1 aliphatic carbocycles. The summed E-state index contributed by atoms with van der Waals surface area (Å²) in [7, 11) is 0. The first kappa shape index (κ1) is 14.5. The molecule has 1 saturated carbocycles. The van der Waals surface area contributed by atoms with Gasteiger partial charge in [0.1, 0.15) is 10.8 Å². The Labute approximate surface area is 129 Å². The molecule has 0 amide bonds. The van der Waals surface area contributed by atoms with E-state index in [1.54, 1.807) is 0 Å². The molecule has 1 N–H and O–H groups in total. The van der Waals surface area contributed by atoms with Crippen LogP contribution >= 0.6 is 11.3 Å². The lowest BCUT2D eigenvalue weighted by molar-refractivity contribution is 0.472. The maximum Gasteiger partial charge on any atom is 0.299 e. The summed E-state index contributed by atoms with van der Waals surface area (Å²) in [5.41, 5.74) is 1.36. The minimum absolute atomic E-state index is 0.615. The number of nitrogens with zero attached hydrogens (tertiary/aromatic N) is 2. The van der Waals surface area contributed by atoms with Gasteiger partial charge in [-0.05, 0) is 43.4 Å². The topological polar surface area (TPSA) is 47.0 Å². The highest BCUT2D eigenvalue weighted by Gasteiger charge is 2.20. The van der Waals surface area contributed by atoms with Gasteiger partial charge in [0.25, 0.3) is 5.19 Å². The normalized spacial score (nSPS) is 14.3. The number of unbranched alkanes of at least 4 members (excludes halogenated alkanes) is 1. The Morgan fingerprint density at radius 2 is 2.05 bits per heavy atom. The van der Waals surface area contributed by atoms with E-state index in [0.717, 1.165) is 23.7 Å². The Balaban J connectivity index is 1.52. The van der Waals surface area contributed by atoms with Crippen LogP contribution in [0.5, 0.6) is 10.9 Å². The summed E-state index contributed by atoms with van der Waals surface area (Å²) in [6, 6.07) is 8.96. The molecule has 0 unspecified atom stereocenters. The molecule has 1 aromatic heterocycles. The van der Waals surface area contributed by atoms with Crippen molar-refractivity contribution in [2.75, 3.05) is 0 Å². The first-order chi connectivity index (χ1) is 10.3. The zero-order valence-corrected chi connectivity index (χ0v) is 13.2. The Morgan fingerprint density at radius 1 is 1.24 bits per heavy atom. The maximum atomic E-state index is 5.76. The second kappa shape index (κ2) is 7.00. The number of ether oxygens (including phenoxy) is 1. The van der Waals surface area contributed by atoms with Crippen molar-refractivity contribution in [2.24, 2.45) is 0 Å². The quantitative estimate of drug-likeness (QED) is 0.803. The van der Waals surface area contributed by atoms with E-state index in [1.807, 2.05) is 12.1 Å². The first-order valence-electron chi connectivity index (χ1n) is 7.66. The molecule has 1 heterocycles. The van der Waals surface area contributed by atoms with Crippen LogP contribution in [0.15, 0.2) is 24.3 Å². The van der Waals surface area contributed by atoms with Crippen LogP contribution in [0.25, 0.3) is 0 Å². The number of aryl methyl sites for hydroxylation is 1. The van der Waals surface area contributed by atoms with Crippen molar-refractivity contribution in [1.82, 2.24) is 15.5 Å². The highest BCUT2D eigenvalue weighted by molar-refractivity contribution is 7.13. The van der Waals surface area contributed by atoms with E-state index < -0.39 is 0 Å². The zero-order chi connectivity index (χ0) is 14.5. The fourth-order valence-electron chi connectivity index (χ4n) is 2.08. The molecule has 2 aromatic rings. The monoisotopic (exact) mass is 303 g/mol. The fraction of sp³-hybridized carbons (Fsp3) is 0.500. The summed E-state index contributed by atoms with van der Waals surface area (Å²) in [4.78, 5) is 0. The minimum atomic E-state index is 0.615. The molecule has 0 atom stereocenters. The van der Waals surface area contributed by atoms with E-state index in [2.05, 4.69) is 34.6 Å². The third-order valence-corrected chi connectivity index (χ3v) is 4.32. The molecule has 0 bridgehead atoms. The molecule has 21 heavy (non-hydrogen) atoms. The number of rotatable bonds is 8. The van der Waals surface area contributed by atoms with Gasteiger partial charge in [0.2, 0.25) is 0 Å². The minimum Gasteiger partial charge on any atom is -0.430 e. The Bertz CT molecular complexity index is 563. The van der Waals surface area contributed by atoms with Crippen molar-refractivity contribution in [3.8, 4) is 10.9 Å². The van der Waals surface area contributed by atoms with Crippen LogP contribution < -0.4 is 10.1 Å².